The molecular weight excluding hydrogens is 422 g/mol. The van der Waals surface area contributed by atoms with Crippen molar-refractivity contribution in [2.24, 2.45) is 0 Å². The Balaban J connectivity index is 2.15. The second-order valence-electron chi connectivity index (χ2n) is 6.56. The van der Waals surface area contributed by atoms with Crippen molar-refractivity contribution in [3.63, 3.8) is 0 Å². The molecule has 0 aromatic heterocycles. The number of para-hydroxylation sites is 1. The van der Waals surface area contributed by atoms with Gasteiger partial charge in [0.05, 0.1) is 17.8 Å². The van der Waals surface area contributed by atoms with Crippen LogP contribution in [0.5, 0.6) is 11.5 Å². The Labute approximate surface area is 175 Å². The molecule has 1 aliphatic rings. The van der Waals surface area contributed by atoms with Crippen molar-refractivity contribution < 1.29 is 36.6 Å². The van der Waals surface area contributed by atoms with Crippen LogP contribution in [-0.2, 0) is 4.79 Å². The van der Waals surface area contributed by atoms with E-state index in [2.05, 4.69) is 14.8 Å². The van der Waals surface area contributed by atoms with E-state index < -0.39 is 42.7 Å². The summed E-state index contributed by atoms with van der Waals surface area (Å²) in [7, 11) is 2.87. The third-order valence-corrected chi connectivity index (χ3v) is 4.72. The van der Waals surface area contributed by atoms with Gasteiger partial charge in [-0.15, -0.1) is 0 Å². The number of carbonyl (C=O) groups is 2. The second kappa shape index (κ2) is 9.11. The summed E-state index contributed by atoms with van der Waals surface area (Å²) in [6.45, 7) is -6.63. The van der Waals surface area contributed by atoms with E-state index in [4.69, 9.17) is 0 Å². The minimum Gasteiger partial charge on any atom is -0.435 e. The number of benzene rings is 2. The normalized spacial score (nSPS) is 15.9. The largest absolute Gasteiger partial charge is 0.435 e. The van der Waals surface area contributed by atoms with Crippen LogP contribution in [0.4, 0.5) is 23.2 Å². The molecule has 0 aliphatic carbocycles. The van der Waals surface area contributed by atoms with Crippen LogP contribution in [0.25, 0.3) is 0 Å². The van der Waals surface area contributed by atoms with E-state index in [1.165, 1.54) is 30.0 Å². The predicted molar refractivity (Wildman–Crippen MR) is 102 cm³/mol. The lowest BCUT2D eigenvalue weighted by molar-refractivity contribution is -0.119. The number of halogens is 4. The van der Waals surface area contributed by atoms with Gasteiger partial charge in [0.1, 0.15) is 17.7 Å². The lowest BCUT2D eigenvalue weighted by Crippen LogP contribution is -2.50. The van der Waals surface area contributed by atoms with Gasteiger partial charge in [-0.1, -0.05) is 12.1 Å². The van der Waals surface area contributed by atoms with Crippen molar-refractivity contribution in [3.05, 3.63) is 53.6 Å². The zero-order chi connectivity index (χ0) is 22.7. The number of amides is 2. The molecule has 3 rings (SSSR count). The molecule has 1 atom stereocenters. The number of nitrogens with one attached hydrogen (secondary N) is 1. The van der Waals surface area contributed by atoms with Gasteiger partial charge in [0.2, 0.25) is 5.91 Å². The standard InChI is InChI=1S/C20H19F4N3O4/c1-25-16(28)10-27-14-6-4-3-5-12(14)18(29)26(2)17(27)13-8-7-11(30-19(21)22)9-15(13)31-20(23)24/h3-9,17,19-20H,10H2,1-2H3,(H,25,28). The number of carbonyl (C=O) groups excluding carboxylic acids is 2. The summed E-state index contributed by atoms with van der Waals surface area (Å²) in [4.78, 5) is 27.9. The number of alkyl halides is 4. The molecule has 166 valence electrons. The third-order valence-electron chi connectivity index (χ3n) is 4.72. The molecule has 0 saturated carbocycles. The molecule has 7 nitrogen and oxygen atoms in total. The maximum Gasteiger partial charge on any atom is 0.387 e. The van der Waals surface area contributed by atoms with Gasteiger partial charge >= 0.3 is 13.2 Å². The molecule has 0 fully saturated rings. The highest BCUT2D eigenvalue weighted by molar-refractivity contribution is 6.02. The summed E-state index contributed by atoms with van der Waals surface area (Å²) >= 11 is 0. The molecule has 0 bridgehead atoms. The van der Waals surface area contributed by atoms with E-state index in [1.54, 1.807) is 24.3 Å². The molecule has 11 heteroatoms. The minimum absolute atomic E-state index is 0.0659. The summed E-state index contributed by atoms with van der Waals surface area (Å²) in [5.41, 5.74) is 0.797. The van der Waals surface area contributed by atoms with Crippen molar-refractivity contribution in [2.45, 2.75) is 19.4 Å². The number of nitrogens with zero attached hydrogens (tertiary/aromatic N) is 2. The smallest absolute Gasteiger partial charge is 0.387 e. The first-order chi connectivity index (χ1) is 14.7. The van der Waals surface area contributed by atoms with E-state index in [9.17, 15) is 27.2 Å². The molecule has 1 heterocycles. The number of hydrogen-bond donors (Lipinski definition) is 1. The fourth-order valence-corrected chi connectivity index (χ4v) is 3.43. The first-order valence-corrected chi connectivity index (χ1v) is 9.10. The molecule has 2 aromatic rings. The monoisotopic (exact) mass is 441 g/mol. The topological polar surface area (TPSA) is 71.1 Å². The van der Waals surface area contributed by atoms with Gasteiger partial charge < -0.3 is 24.6 Å². The van der Waals surface area contributed by atoms with Crippen LogP contribution in [0.2, 0.25) is 0 Å². The van der Waals surface area contributed by atoms with Crippen molar-refractivity contribution in [3.8, 4) is 11.5 Å². The maximum atomic E-state index is 13.1. The van der Waals surface area contributed by atoms with Crippen LogP contribution in [0, 0.1) is 0 Å². The molecule has 1 unspecified atom stereocenters. The number of fused-ring (bicyclic) bond motifs is 1. The molecule has 0 radical (unpaired) electrons. The van der Waals surface area contributed by atoms with Gasteiger partial charge in [-0.3, -0.25) is 9.59 Å². The van der Waals surface area contributed by atoms with Crippen LogP contribution in [0.3, 0.4) is 0 Å². The van der Waals surface area contributed by atoms with E-state index >= 15 is 0 Å². The Hall–Kier alpha value is -3.50. The first-order valence-electron chi connectivity index (χ1n) is 9.10. The van der Waals surface area contributed by atoms with Gasteiger partial charge in [-0.25, -0.2) is 0 Å². The molecule has 2 amide bonds. The molecular formula is C20H19F4N3O4. The number of ether oxygens (including phenoxy) is 2. The van der Waals surface area contributed by atoms with Gasteiger partial charge in [-0.2, -0.15) is 17.6 Å². The zero-order valence-corrected chi connectivity index (χ0v) is 16.5. The lowest BCUT2D eigenvalue weighted by Gasteiger charge is -2.44. The van der Waals surface area contributed by atoms with Gasteiger partial charge in [0.25, 0.3) is 5.91 Å². The Morgan fingerprint density at radius 2 is 1.77 bits per heavy atom. The molecule has 0 spiro atoms. The number of hydrogen-bond acceptors (Lipinski definition) is 5. The van der Waals surface area contributed by atoms with Gasteiger partial charge in [-0.05, 0) is 24.3 Å². The van der Waals surface area contributed by atoms with E-state index in [0.29, 0.717) is 11.3 Å². The summed E-state index contributed by atoms with van der Waals surface area (Å²) in [6.07, 6.45) is -1.03. The zero-order valence-electron chi connectivity index (χ0n) is 16.5. The van der Waals surface area contributed by atoms with Crippen LogP contribution in [-0.4, -0.2) is 50.6 Å². The molecule has 0 saturated heterocycles. The average Bonchev–Trinajstić information content (AvgIpc) is 2.72. The van der Waals surface area contributed by atoms with Crippen molar-refractivity contribution >= 4 is 17.5 Å². The molecule has 1 N–H and O–H groups in total. The predicted octanol–water partition coefficient (Wildman–Crippen LogP) is 3.23. The molecule has 2 aromatic carbocycles. The number of rotatable bonds is 7. The Morgan fingerprint density at radius 3 is 2.42 bits per heavy atom. The van der Waals surface area contributed by atoms with Crippen molar-refractivity contribution in [1.82, 2.24) is 10.2 Å². The maximum absolute atomic E-state index is 13.1. The fraction of sp³-hybridized carbons (Fsp3) is 0.300. The Morgan fingerprint density at radius 1 is 1.10 bits per heavy atom. The number of anilines is 1. The Kier molecular flexibility index (Phi) is 6.52. The minimum atomic E-state index is -3.26. The summed E-state index contributed by atoms with van der Waals surface area (Å²) < 4.78 is 60.1. The Bertz CT molecular complexity index is 973. The average molecular weight is 441 g/mol. The highest BCUT2D eigenvalue weighted by Gasteiger charge is 2.39. The van der Waals surface area contributed by atoms with Crippen molar-refractivity contribution in [1.29, 1.82) is 0 Å². The van der Waals surface area contributed by atoms with E-state index in [1.807, 2.05) is 0 Å². The highest BCUT2D eigenvalue weighted by atomic mass is 19.3. The summed E-state index contributed by atoms with van der Waals surface area (Å²) in [5.74, 6) is -1.65. The van der Waals surface area contributed by atoms with Crippen molar-refractivity contribution in [2.75, 3.05) is 25.5 Å². The van der Waals surface area contributed by atoms with Crippen LogP contribution in [0.15, 0.2) is 42.5 Å². The van der Waals surface area contributed by atoms with Gasteiger partial charge in [0.15, 0.2) is 0 Å². The van der Waals surface area contributed by atoms with E-state index in [0.717, 1.165) is 12.1 Å². The third kappa shape index (κ3) is 4.65. The fourth-order valence-electron chi connectivity index (χ4n) is 3.43. The molecule has 31 heavy (non-hydrogen) atoms. The molecule has 1 aliphatic heterocycles. The first kappa shape index (κ1) is 22.2. The highest BCUT2D eigenvalue weighted by Crippen LogP contribution is 2.42. The lowest BCUT2D eigenvalue weighted by atomic mass is 10.0. The summed E-state index contributed by atoms with van der Waals surface area (Å²) in [6, 6.07) is 9.82. The van der Waals surface area contributed by atoms with Gasteiger partial charge in [0, 0.05) is 25.7 Å². The van der Waals surface area contributed by atoms with Crippen LogP contribution in [0.1, 0.15) is 22.1 Å². The second-order valence-corrected chi connectivity index (χ2v) is 6.56. The van der Waals surface area contributed by atoms with Crippen LogP contribution < -0.4 is 19.7 Å². The van der Waals surface area contributed by atoms with Crippen LogP contribution >= 0.6 is 0 Å². The number of likely N-dealkylation sites (N-methyl/N-ethyl adjacent to an activating group) is 1. The summed E-state index contributed by atoms with van der Waals surface area (Å²) in [5, 5.41) is 2.48. The quantitative estimate of drug-likeness (QED) is 0.669. The van der Waals surface area contributed by atoms with E-state index in [-0.39, 0.29) is 12.1 Å². The SMILES string of the molecule is CNC(=O)CN1c2ccccc2C(=O)N(C)C1c1ccc(OC(F)F)cc1OC(F)F.